The fraction of sp³-hybridized carbons (Fsp3) is 0.917. The summed E-state index contributed by atoms with van der Waals surface area (Å²) in [5.41, 5.74) is 5.85. The van der Waals surface area contributed by atoms with Crippen molar-refractivity contribution in [2.45, 2.75) is 36.5 Å². The van der Waals surface area contributed by atoms with Gasteiger partial charge in [-0.3, -0.25) is 4.90 Å². The van der Waals surface area contributed by atoms with E-state index in [1.807, 2.05) is 6.26 Å². The molecule has 2 rings (SSSR count). The Morgan fingerprint density at radius 2 is 2.22 bits per heavy atom. The van der Waals surface area contributed by atoms with E-state index in [1.54, 1.807) is 11.8 Å². The van der Waals surface area contributed by atoms with Gasteiger partial charge in [-0.05, 0) is 31.9 Å². The maximum absolute atomic E-state index is 8.91. The summed E-state index contributed by atoms with van der Waals surface area (Å²) in [5.74, 6) is 0.370. The molecule has 18 heavy (non-hydrogen) atoms. The predicted octanol–water partition coefficient (Wildman–Crippen LogP) is 1.11. The summed E-state index contributed by atoms with van der Waals surface area (Å²) in [6.45, 7) is 3.77. The zero-order chi connectivity index (χ0) is 13.0. The highest BCUT2D eigenvalue weighted by Crippen LogP contribution is 2.35. The Bertz CT molecular complexity index is 298. The van der Waals surface area contributed by atoms with E-state index in [1.165, 1.54) is 6.42 Å². The summed E-state index contributed by atoms with van der Waals surface area (Å²) >= 11 is 1.70. The number of nitrogens with zero attached hydrogens (tertiary/aromatic N) is 2. The van der Waals surface area contributed by atoms with E-state index in [4.69, 9.17) is 15.7 Å². The van der Waals surface area contributed by atoms with Gasteiger partial charge in [-0.15, -0.1) is 0 Å². The lowest BCUT2D eigenvalue weighted by molar-refractivity contribution is 0.00977. The summed E-state index contributed by atoms with van der Waals surface area (Å²) in [6, 6.07) is 0.561. The quantitative estimate of drug-likeness (QED) is 0.349. The molecule has 5 nitrogen and oxygen atoms in total. The van der Waals surface area contributed by atoms with Crippen molar-refractivity contribution in [2.24, 2.45) is 10.9 Å². The number of thioether (sulfide) groups is 1. The van der Waals surface area contributed by atoms with Gasteiger partial charge < -0.3 is 15.7 Å². The lowest BCUT2D eigenvalue weighted by atomic mass is 9.92. The number of rotatable bonds is 3. The number of amidine groups is 1. The van der Waals surface area contributed by atoms with Crippen molar-refractivity contribution >= 4 is 17.6 Å². The molecule has 3 N–H and O–H groups in total. The molecule has 0 aromatic heterocycles. The molecule has 2 aliphatic heterocycles. The van der Waals surface area contributed by atoms with Crippen molar-refractivity contribution in [1.29, 1.82) is 0 Å². The smallest absolute Gasteiger partial charge is 0.155 e. The normalized spacial score (nSPS) is 30.3. The van der Waals surface area contributed by atoms with Gasteiger partial charge in [0.1, 0.15) is 0 Å². The molecule has 0 radical (unpaired) electrons. The second-order valence-electron chi connectivity index (χ2n) is 5.09. The summed E-state index contributed by atoms with van der Waals surface area (Å²) in [4.78, 5) is 2.50. The van der Waals surface area contributed by atoms with Crippen molar-refractivity contribution in [2.75, 3.05) is 32.6 Å². The molecule has 0 bridgehead atoms. The fourth-order valence-corrected chi connectivity index (χ4v) is 3.76. The van der Waals surface area contributed by atoms with Crippen LogP contribution in [0.4, 0.5) is 0 Å². The van der Waals surface area contributed by atoms with Crippen LogP contribution in [0.5, 0.6) is 0 Å². The number of likely N-dealkylation sites (tertiary alicyclic amines) is 1. The standard InChI is InChI=1S/C12H23N3O2S/c1-18-12(11(13)14-16)4-6-15(7-5-12)10-3-2-8-17-9-10/h10,16H,2-9H2,1H3,(H2,13,14). The average Bonchev–Trinajstić information content (AvgIpc) is 2.47. The highest BCUT2D eigenvalue weighted by atomic mass is 32.2. The van der Waals surface area contributed by atoms with Crippen LogP contribution in [-0.4, -0.2) is 59.3 Å². The lowest BCUT2D eigenvalue weighted by Gasteiger charge is -2.43. The van der Waals surface area contributed by atoms with E-state index in [2.05, 4.69) is 10.1 Å². The minimum atomic E-state index is -0.180. The third kappa shape index (κ3) is 2.75. The number of ether oxygens (including phenoxy) is 1. The molecule has 0 spiro atoms. The van der Waals surface area contributed by atoms with Gasteiger partial charge in [0.15, 0.2) is 5.84 Å². The first kappa shape index (κ1) is 14.0. The monoisotopic (exact) mass is 273 g/mol. The summed E-state index contributed by atoms with van der Waals surface area (Å²) in [5, 5.41) is 12.1. The molecule has 1 unspecified atom stereocenters. The number of oxime groups is 1. The second-order valence-corrected chi connectivity index (χ2v) is 6.28. The molecule has 1 atom stereocenters. The van der Waals surface area contributed by atoms with Gasteiger partial charge in [0.05, 0.1) is 11.4 Å². The fourth-order valence-electron chi connectivity index (χ4n) is 2.92. The Kier molecular flexibility index (Phi) is 4.75. The number of hydrogen-bond acceptors (Lipinski definition) is 5. The van der Waals surface area contributed by atoms with Crippen LogP contribution in [0.15, 0.2) is 5.16 Å². The van der Waals surface area contributed by atoms with Crippen LogP contribution in [0.25, 0.3) is 0 Å². The number of piperidine rings is 1. The zero-order valence-electron chi connectivity index (χ0n) is 11.0. The summed E-state index contributed by atoms with van der Waals surface area (Å²) < 4.78 is 5.37. The highest BCUT2D eigenvalue weighted by Gasteiger charge is 2.39. The first-order chi connectivity index (χ1) is 8.72. The van der Waals surface area contributed by atoms with Crippen LogP contribution in [0.3, 0.4) is 0 Å². The molecule has 0 aliphatic carbocycles. The van der Waals surface area contributed by atoms with E-state index >= 15 is 0 Å². The van der Waals surface area contributed by atoms with Gasteiger partial charge in [-0.25, -0.2) is 0 Å². The molecule has 0 aromatic rings. The molecular formula is C12H23N3O2S. The summed E-state index contributed by atoms with van der Waals surface area (Å²) in [7, 11) is 0. The molecule has 0 aromatic carbocycles. The first-order valence-corrected chi connectivity index (χ1v) is 7.79. The molecule has 6 heteroatoms. The van der Waals surface area contributed by atoms with Crippen LogP contribution in [0.2, 0.25) is 0 Å². The molecule has 0 amide bonds. The highest BCUT2D eigenvalue weighted by molar-refractivity contribution is 8.00. The Morgan fingerprint density at radius 1 is 1.50 bits per heavy atom. The van der Waals surface area contributed by atoms with Crippen LogP contribution in [-0.2, 0) is 4.74 Å². The average molecular weight is 273 g/mol. The molecule has 2 saturated heterocycles. The topological polar surface area (TPSA) is 71.1 Å². The molecule has 104 valence electrons. The number of nitrogens with two attached hydrogens (primary N) is 1. The van der Waals surface area contributed by atoms with Crippen molar-refractivity contribution in [1.82, 2.24) is 4.90 Å². The SMILES string of the molecule is CSC1(C(N)=NO)CCN(C2CCCOC2)CC1. The third-order valence-electron chi connectivity index (χ3n) is 4.22. The largest absolute Gasteiger partial charge is 0.409 e. The van der Waals surface area contributed by atoms with E-state index < -0.39 is 0 Å². The van der Waals surface area contributed by atoms with Crippen LogP contribution in [0, 0.1) is 0 Å². The lowest BCUT2D eigenvalue weighted by Crippen LogP contribution is -2.53. The molecule has 0 saturated carbocycles. The molecular weight excluding hydrogens is 250 g/mol. The van der Waals surface area contributed by atoms with Gasteiger partial charge in [0.25, 0.3) is 0 Å². The number of hydrogen-bond donors (Lipinski definition) is 2. The van der Waals surface area contributed by atoms with Crippen LogP contribution >= 0.6 is 11.8 Å². The van der Waals surface area contributed by atoms with E-state index in [0.717, 1.165) is 45.6 Å². The minimum absolute atomic E-state index is 0.180. The Morgan fingerprint density at radius 3 is 2.72 bits per heavy atom. The van der Waals surface area contributed by atoms with Crippen molar-refractivity contribution in [3.63, 3.8) is 0 Å². The third-order valence-corrected chi connectivity index (χ3v) is 5.62. The van der Waals surface area contributed by atoms with Gasteiger partial charge in [-0.2, -0.15) is 11.8 Å². The Hall–Kier alpha value is -0.460. The van der Waals surface area contributed by atoms with Gasteiger partial charge >= 0.3 is 0 Å². The molecule has 2 fully saturated rings. The first-order valence-electron chi connectivity index (χ1n) is 6.57. The van der Waals surface area contributed by atoms with E-state index in [9.17, 15) is 0 Å². The molecule has 2 heterocycles. The summed E-state index contributed by atoms with van der Waals surface area (Å²) in [6.07, 6.45) is 6.32. The van der Waals surface area contributed by atoms with Gasteiger partial charge in [-0.1, -0.05) is 5.16 Å². The Labute approximate surface area is 113 Å². The van der Waals surface area contributed by atoms with E-state index in [0.29, 0.717) is 11.9 Å². The van der Waals surface area contributed by atoms with E-state index in [-0.39, 0.29) is 4.75 Å². The zero-order valence-corrected chi connectivity index (χ0v) is 11.8. The van der Waals surface area contributed by atoms with Gasteiger partial charge in [0.2, 0.25) is 0 Å². The van der Waals surface area contributed by atoms with Gasteiger partial charge in [0, 0.05) is 25.7 Å². The van der Waals surface area contributed by atoms with Crippen molar-refractivity contribution in [3.05, 3.63) is 0 Å². The molecule has 2 aliphatic rings. The van der Waals surface area contributed by atoms with Crippen molar-refractivity contribution in [3.8, 4) is 0 Å². The Balaban J connectivity index is 1.93. The van der Waals surface area contributed by atoms with Crippen molar-refractivity contribution < 1.29 is 9.94 Å². The maximum atomic E-state index is 8.91. The van der Waals surface area contributed by atoms with Crippen LogP contribution < -0.4 is 5.73 Å². The minimum Gasteiger partial charge on any atom is -0.409 e. The maximum Gasteiger partial charge on any atom is 0.155 e. The van der Waals surface area contributed by atoms with Crippen LogP contribution in [0.1, 0.15) is 25.7 Å². The second kappa shape index (κ2) is 6.12. The predicted molar refractivity (Wildman–Crippen MR) is 74.3 cm³/mol.